The summed E-state index contributed by atoms with van der Waals surface area (Å²) < 4.78 is 22.6. The molecule has 0 aliphatic carbocycles. The molecule has 0 aromatic heterocycles. The van der Waals surface area contributed by atoms with E-state index in [0.29, 0.717) is 13.2 Å². The molecule has 7 heteroatoms. The van der Waals surface area contributed by atoms with Crippen molar-refractivity contribution in [1.29, 1.82) is 0 Å². The van der Waals surface area contributed by atoms with Crippen LogP contribution in [0.1, 0.15) is 13.8 Å². The summed E-state index contributed by atoms with van der Waals surface area (Å²) in [5.41, 5.74) is 0. The quantitative estimate of drug-likeness (QED) is 0.749. The molecule has 0 radical (unpaired) electrons. The van der Waals surface area contributed by atoms with Crippen molar-refractivity contribution >= 4 is 31.1 Å². The van der Waals surface area contributed by atoms with E-state index >= 15 is 0 Å². The normalized spacial score (nSPS) is 27.1. The molecule has 1 rings (SSSR count). The van der Waals surface area contributed by atoms with Crippen LogP contribution in [0.2, 0.25) is 0 Å². The fourth-order valence-corrected chi connectivity index (χ4v) is 7.55. The van der Waals surface area contributed by atoms with E-state index in [2.05, 4.69) is 0 Å². The number of aliphatic hydroxyl groups excluding tert-OH is 1. The molecule has 2 atom stereocenters. The first-order valence-electron chi connectivity index (χ1n) is 4.93. The SMILES string of the molecule is CCOP(=O)(OCC)[C@H]1SC[C@@H](CO)S1. The highest BCUT2D eigenvalue weighted by atomic mass is 32.2. The molecule has 15 heavy (non-hydrogen) atoms. The molecule has 0 spiro atoms. The maximum atomic E-state index is 12.3. The minimum absolute atomic E-state index is 0.117. The summed E-state index contributed by atoms with van der Waals surface area (Å²) in [5, 5.41) is 9.15. The second-order valence-electron chi connectivity index (χ2n) is 2.96. The molecule has 1 fully saturated rings. The van der Waals surface area contributed by atoms with Crippen molar-refractivity contribution in [3.05, 3.63) is 0 Å². The fourth-order valence-electron chi connectivity index (χ4n) is 1.21. The van der Waals surface area contributed by atoms with Gasteiger partial charge in [0.1, 0.15) is 0 Å². The Bertz CT molecular complexity index is 229. The number of hydrogen-bond acceptors (Lipinski definition) is 6. The Labute approximate surface area is 99.0 Å². The average Bonchev–Trinajstić information content (AvgIpc) is 2.67. The zero-order chi connectivity index (χ0) is 11.3. The van der Waals surface area contributed by atoms with E-state index in [1.54, 1.807) is 25.6 Å². The molecule has 0 aromatic carbocycles. The van der Waals surface area contributed by atoms with Crippen LogP contribution in [0.4, 0.5) is 0 Å². The van der Waals surface area contributed by atoms with E-state index in [0.717, 1.165) is 5.75 Å². The minimum Gasteiger partial charge on any atom is -0.395 e. The molecule has 1 aliphatic rings. The van der Waals surface area contributed by atoms with Gasteiger partial charge in [-0.2, -0.15) is 0 Å². The zero-order valence-electron chi connectivity index (χ0n) is 8.92. The lowest BCUT2D eigenvalue weighted by atomic mass is 10.5. The van der Waals surface area contributed by atoms with Crippen molar-refractivity contribution in [1.82, 2.24) is 0 Å². The van der Waals surface area contributed by atoms with Crippen LogP contribution in [0.3, 0.4) is 0 Å². The van der Waals surface area contributed by atoms with E-state index in [4.69, 9.17) is 14.2 Å². The summed E-state index contributed by atoms with van der Waals surface area (Å²) in [6.07, 6.45) is 0. The molecule has 1 N–H and O–H groups in total. The predicted molar refractivity (Wildman–Crippen MR) is 65.6 cm³/mol. The lowest BCUT2D eigenvalue weighted by Crippen LogP contribution is -2.08. The summed E-state index contributed by atoms with van der Waals surface area (Å²) in [4.78, 5) is 0. The topological polar surface area (TPSA) is 55.8 Å². The monoisotopic (exact) mass is 272 g/mol. The standard InChI is InChI=1S/C8H17O4PS2/c1-3-11-13(10,12-4-2)8-14-6-7(5-9)15-8/h7-9H,3-6H2,1-2H3/t7-,8+/m1/s1. The molecule has 0 amide bonds. The number of hydrogen-bond donors (Lipinski definition) is 1. The van der Waals surface area contributed by atoms with Gasteiger partial charge >= 0.3 is 7.60 Å². The lowest BCUT2D eigenvalue weighted by Gasteiger charge is -2.21. The summed E-state index contributed by atoms with van der Waals surface area (Å²) in [5.74, 6) is 0.802. The summed E-state index contributed by atoms with van der Waals surface area (Å²) in [7, 11) is -3.00. The van der Waals surface area contributed by atoms with Crippen molar-refractivity contribution in [2.45, 2.75) is 23.4 Å². The Kier molecular flexibility index (Phi) is 6.03. The maximum absolute atomic E-state index is 12.3. The molecule has 0 bridgehead atoms. The first-order chi connectivity index (χ1) is 7.16. The van der Waals surface area contributed by atoms with Crippen molar-refractivity contribution in [3.63, 3.8) is 0 Å². The van der Waals surface area contributed by atoms with Gasteiger partial charge in [0.05, 0.1) is 19.8 Å². The Morgan fingerprint density at radius 2 is 2.00 bits per heavy atom. The Morgan fingerprint density at radius 1 is 1.40 bits per heavy atom. The lowest BCUT2D eigenvalue weighted by molar-refractivity contribution is 0.222. The number of thioether (sulfide) groups is 2. The van der Waals surface area contributed by atoms with Crippen LogP contribution in [-0.4, -0.2) is 40.3 Å². The van der Waals surface area contributed by atoms with Crippen molar-refractivity contribution < 1.29 is 18.7 Å². The van der Waals surface area contributed by atoms with Gasteiger partial charge in [-0.3, -0.25) is 4.57 Å². The number of rotatable bonds is 6. The summed E-state index contributed by atoms with van der Waals surface area (Å²) >= 11 is 3.05. The molecule has 0 saturated carbocycles. The molecular weight excluding hydrogens is 255 g/mol. The molecule has 1 saturated heterocycles. The van der Waals surface area contributed by atoms with Crippen LogP contribution in [-0.2, 0) is 13.6 Å². The molecule has 0 unspecified atom stereocenters. The van der Waals surface area contributed by atoms with Gasteiger partial charge in [0.15, 0.2) is 4.32 Å². The molecule has 90 valence electrons. The zero-order valence-corrected chi connectivity index (χ0v) is 11.4. The van der Waals surface area contributed by atoms with E-state index < -0.39 is 7.60 Å². The minimum atomic E-state index is -3.00. The van der Waals surface area contributed by atoms with Gasteiger partial charge in [0.2, 0.25) is 0 Å². The highest BCUT2D eigenvalue weighted by molar-refractivity contribution is 8.26. The van der Waals surface area contributed by atoms with E-state index in [9.17, 15) is 4.57 Å². The van der Waals surface area contributed by atoms with Gasteiger partial charge in [-0.25, -0.2) is 0 Å². The predicted octanol–water partition coefficient (Wildman–Crippen LogP) is 2.38. The number of aliphatic hydroxyl groups is 1. The van der Waals surface area contributed by atoms with Crippen molar-refractivity contribution in [3.8, 4) is 0 Å². The molecule has 1 aliphatic heterocycles. The van der Waals surface area contributed by atoms with Crippen LogP contribution in [0, 0.1) is 0 Å². The largest absolute Gasteiger partial charge is 0.395 e. The van der Waals surface area contributed by atoms with Gasteiger partial charge in [0.25, 0.3) is 0 Å². The summed E-state index contributed by atoms with van der Waals surface area (Å²) in [6.45, 7) is 4.50. The average molecular weight is 272 g/mol. The van der Waals surface area contributed by atoms with Gasteiger partial charge < -0.3 is 14.2 Å². The van der Waals surface area contributed by atoms with Crippen LogP contribution in [0.25, 0.3) is 0 Å². The summed E-state index contributed by atoms with van der Waals surface area (Å²) in [6, 6.07) is 0. The molecular formula is C8H17O4PS2. The molecule has 1 heterocycles. The van der Waals surface area contributed by atoms with Gasteiger partial charge in [0, 0.05) is 11.0 Å². The fraction of sp³-hybridized carbons (Fsp3) is 1.00. The van der Waals surface area contributed by atoms with Crippen molar-refractivity contribution in [2.75, 3.05) is 25.6 Å². The van der Waals surface area contributed by atoms with Crippen LogP contribution >= 0.6 is 31.1 Å². The van der Waals surface area contributed by atoms with Crippen LogP contribution in [0.5, 0.6) is 0 Å². The maximum Gasteiger partial charge on any atom is 0.353 e. The Hall–Kier alpha value is 0.810. The van der Waals surface area contributed by atoms with Gasteiger partial charge in [-0.05, 0) is 13.8 Å². The highest BCUT2D eigenvalue weighted by Gasteiger charge is 2.42. The third-order valence-corrected chi connectivity index (χ3v) is 8.69. The first-order valence-corrected chi connectivity index (χ1v) is 8.53. The smallest absolute Gasteiger partial charge is 0.353 e. The second-order valence-corrected chi connectivity index (χ2v) is 8.61. The first kappa shape index (κ1) is 13.9. The van der Waals surface area contributed by atoms with Crippen LogP contribution in [0.15, 0.2) is 0 Å². The Balaban J connectivity index is 2.61. The third kappa shape index (κ3) is 3.65. The van der Waals surface area contributed by atoms with Crippen molar-refractivity contribution in [2.24, 2.45) is 0 Å². The molecule has 4 nitrogen and oxygen atoms in total. The van der Waals surface area contributed by atoms with Gasteiger partial charge in [-0.1, -0.05) is 0 Å². The Morgan fingerprint density at radius 3 is 2.40 bits per heavy atom. The third-order valence-electron chi connectivity index (χ3n) is 1.81. The van der Waals surface area contributed by atoms with E-state index in [1.165, 1.54) is 11.8 Å². The highest BCUT2D eigenvalue weighted by Crippen LogP contribution is 2.64. The van der Waals surface area contributed by atoms with Crippen LogP contribution < -0.4 is 0 Å². The van der Waals surface area contributed by atoms with E-state index in [1.807, 2.05) is 0 Å². The second kappa shape index (κ2) is 6.52. The van der Waals surface area contributed by atoms with E-state index in [-0.39, 0.29) is 16.2 Å². The van der Waals surface area contributed by atoms with Gasteiger partial charge in [-0.15, -0.1) is 23.5 Å². The molecule has 0 aromatic rings.